The molecule has 1 amide bonds. The highest BCUT2D eigenvalue weighted by atomic mass is 16.6. The summed E-state index contributed by atoms with van der Waals surface area (Å²) in [4.78, 5) is 99.7. The van der Waals surface area contributed by atoms with Crippen molar-refractivity contribution in [3.8, 4) is 0 Å². The maximum Gasteiger partial charge on any atom is 0.338 e. The van der Waals surface area contributed by atoms with Crippen LogP contribution in [0.25, 0.3) is 0 Å². The molecule has 16 nitrogen and oxygen atoms in total. The lowest BCUT2D eigenvalue weighted by atomic mass is 9.44. The second kappa shape index (κ2) is 20.0. The largest absolute Gasteiger partial charge is 0.461 e. The van der Waals surface area contributed by atoms with Gasteiger partial charge in [-0.1, -0.05) is 87.5 Å². The minimum Gasteiger partial charge on any atom is -0.461 e. The molecular weight excluding hydrogens is 889 g/mol. The van der Waals surface area contributed by atoms with Crippen LogP contribution in [-0.2, 0) is 52.4 Å². The molecule has 368 valence electrons. The highest BCUT2D eigenvalue weighted by Gasteiger charge is 2.79. The summed E-state index contributed by atoms with van der Waals surface area (Å²) in [6.45, 7) is 10.3. The van der Waals surface area contributed by atoms with E-state index >= 15 is 4.79 Å². The van der Waals surface area contributed by atoms with E-state index in [1.165, 1.54) is 26.0 Å². The molecule has 16 heteroatoms. The number of amides is 1. The molecule has 69 heavy (non-hydrogen) atoms. The maximum atomic E-state index is 16.1. The molecule has 4 aliphatic rings. The van der Waals surface area contributed by atoms with Crippen LogP contribution in [0.4, 0.5) is 0 Å². The maximum absolute atomic E-state index is 16.1. The molecule has 3 aliphatic carbocycles. The molecule has 3 aromatic carbocycles. The van der Waals surface area contributed by atoms with E-state index in [1.54, 1.807) is 108 Å². The number of hydrogen-bond acceptors (Lipinski definition) is 15. The first-order valence-corrected chi connectivity index (χ1v) is 23.4. The Labute approximate surface area is 401 Å². The average Bonchev–Trinajstić information content (AvgIpc) is 3.31. The summed E-state index contributed by atoms with van der Waals surface area (Å²) >= 11 is 0. The standard InChI is InChI=1S/C53H62N2O14/c1-9-36(42(33-19-13-10-14-20-33)55-47(60)34-21-15-11-16-22-34)49(62)66-37-28-53(63)46(68-48(61)35-23-17-12-18-24-35)44-51(7,45(59)43(65-31(3)56)41(30(37)2)50(53,5)6)38(67-40(58)25-26-54-8)27-39-52(44,29-64-39)69-32(4)57/h10-24,36-39,42-44,46,54,63H,9,25-29H2,1-8H3,(H,55,60)/t36-,37+,38+,39-,42+,43-,44+,46+,51-,52+,53-/m1/s1. The Kier molecular flexibility index (Phi) is 14.7. The van der Waals surface area contributed by atoms with Crippen LogP contribution in [0.2, 0.25) is 0 Å². The summed E-state index contributed by atoms with van der Waals surface area (Å²) in [6.07, 6.45) is -7.94. The van der Waals surface area contributed by atoms with Gasteiger partial charge in [-0.3, -0.25) is 28.8 Å². The molecule has 0 radical (unpaired) electrons. The summed E-state index contributed by atoms with van der Waals surface area (Å²) in [5, 5.41) is 20.0. The average molecular weight is 951 g/mol. The van der Waals surface area contributed by atoms with Crippen LogP contribution >= 0.6 is 0 Å². The quantitative estimate of drug-likeness (QED) is 0.0965. The second-order valence-corrected chi connectivity index (χ2v) is 19.2. The van der Waals surface area contributed by atoms with Crippen LogP contribution in [0.15, 0.2) is 102 Å². The molecule has 1 heterocycles. The van der Waals surface area contributed by atoms with Crippen molar-refractivity contribution in [1.29, 1.82) is 0 Å². The van der Waals surface area contributed by atoms with Gasteiger partial charge in [0.2, 0.25) is 0 Å². The number of Topliss-reactive ketones (excluding diaryl/α,β-unsaturated/α-hetero) is 1. The normalized spacial score (nSPS) is 29.7. The van der Waals surface area contributed by atoms with E-state index in [2.05, 4.69) is 10.6 Å². The number of ketones is 1. The SMILES string of the molecule is CC[C@@H](C(=O)O[C@H]1C[C@@]2(O)[C@@H](OC(=O)c3ccccc3)[C@@H]3[C@]4(OC(C)=O)CO[C@@H]4C[C@H](OC(=O)CCNC)[C@@]3(C)C(=O)[C@H](OC(C)=O)C(=C1C)C2(C)C)[C@@H](NC(=O)c1ccccc1)c1ccccc1. The molecule has 3 aromatic rings. The third-order valence-electron chi connectivity index (χ3n) is 14.9. The number of esters is 5. The third kappa shape index (κ3) is 9.21. The molecule has 3 N–H and O–H groups in total. The molecule has 2 saturated carbocycles. The molecule has 0 spiro atoms. The van der Waals surface area contributed by atoms with Gasteiger partial charge in [-0.15, -0.1) is 0 Å². The van der Waals surface area contributed by atoms with Gasteiger partial charge in [0, 0.05) is 44.2 Å². The van der Waals surface area contributed by atoms with Crippen molar-refractivity contribution in [2.24, 2.45) is 22.7 Å². The van der Waals surface area contributed by atoms with E-state index in [1.807, 2.05) is 6.07 Å². The topological polar surface area (TPSA) is 219 Å². The van der Waals surface area contributed by atoms with Crippen molar-refractivity contribution in [2.75, 3.05) is 20.2 Å². The molecule has 0 unspecified atom stereocenters. The Balaban J connectivity index is 1.43. The summed E-state index contributed by atoms with van der Waals surface area (Å²) < 4.78 is 37.7. The number of hydrogen-bond donors (Lipinski definition) is 3. The van der Waals surface area contributed by atoms with Crippen molar-refractivity contribution in [3.63, 3.8) is 0 Å². The van der Waals surface area contributed by atoms with Gasteiger partial charge >= 0.3 is 29.8 Å². The van der Waals surface area contributed by atoms with E-state index in [0.717, 1.165) is 6.92 Å². The van der Waals surface area contributed by atoms with Crippen LogP contribution in [-0.4, -0.2) is 109 Å². The lowest BCUT2D eigenvalue weighted by Gasteiger charge is -2.67. The monoisotopic (exact) mass is 950 g/mol. The van der Waals surface area contributed by atoms with Gasteiger partial charge in [-0.05, 0) is 68.3 Å². The molecule has 3 fully saturated rings. The highest BCUT2D eigenvalue weighted by Crippen LogP contribution is 2.65. The number of rotatable bonds is 15. The molecule has 7 rings (SSSR count). The van der Waals surface area contributed by atoms with Crippen molar-refractivity contribution in [2.45, 2.75) is 122 Å². The van der Waals surface area contributed by atoms with Gasteiger partial charge < -0.3 is 44.2 Å². The second-order valence-electron chi connectivity index (χ2n) is 19.2. The predicted octanol–water partition coefficient (Wildman–Crippen LogP) is 5.56. The molecule has 1 saturated heterocycles. The van der Waals surface area contributed by atoms with E-state index in [0.29, 0.717) is 11.1 Å². The lowest BCUT2D eigenvalue weighted by Crippen LogP contribution is -2.82. The first kappa shape index (κ1) is 50.6. The zero-order chi connectivity index (χ0) is 50.1. The summed E-state index contributed by atoms with van der Waals surface area (Å²) in [7, 11) is 1.66. The highest BCUT2D eigenvalue weighted by molar-refractivity contribution is 5.96. The first-order chi connectivity index (χ1) is 32.7. The third-order valence-corrected chi connectivity index (χ3v) is 14.9. The minimum atomic E-state index is -2.37. The zero-order valence-electron chi connectivity index (χ0n) is 40.3. The Bertz CT molecular complexity index is 2480. The fourth-order valence-corrected chi connectivity index (χ4v) is 11.3. The lowest BCUT2D eigenvalue weighted by molar-refractivity contribution is -0.346. The molecular formula is C53H62N2O14. The van der Waals surface area contributed by atoms with E-state index in [4.69, 9.17) is 28.4 Å². The van der Waals surface area contributed by atoms with Crippen LogP contribution in [0.3, 0.4) is 0 Å². The Morgan fingerprint density at radius 3 is 1.99 bits per heavy atom. The Morgan fingerprint density at radius 2 is 1.43 bits per heavy atom. The van der Waals surface area contributed by atoms with E-state index in [9.17, 15) is 33.9 Å². The summed E-state index contributed by atoms with van der Waals surface area (Å²) in [6, 6.07) is 24.6. The van der Waals surface area contributed by atoms with Crippen molar-refractivity contribution in [1.82, 2.24) is 10.6 Å². The number of carbonyl (C=O) groups is 7. The number of carbonyl (C=O) groups excluding carboxylic acids is 7. The Hall–Kier alpha value is -6.23. The number of aliphatic hydroxyl groups is 1. The van der Waals surface area contributed by atoms with Crippen LogP contribution in [0.5, 0.6) is 0 Å². The van der Waals surface area contributed by atoms with Crippen LogP contribution in [0.1, 0.15) is 106 Å². The smallest absolute Gasteiger partial charge is 0.338 e. The van der Waals surface area contributed by atoms with Gasteiger partial charge in [-0.2, -0.15) is 0 Å². The first-order valence-electron chi connectivity index (χ1n) is 23.4. The zero-order valence-corrected chi connectivity index (χ0v) is 40.3. The number of ether oxygens (including phenoxy) is 6. The van der Waals surface area contributed by atoms with E-state index in [-0.39, 0.29) is 49.1 Å². The molecule has 1 aliphatic heterocycles. The van der Waals surface area contributed by atoms with Crippen LogP contribution < -0.4 is 10.6 Å². The van der Waals surface area contributed by atoms with Gasteiger partial charge in [-0.25, -0.2) is 4.79 Å². The Morgan fingerprint density at radius 1 is 0.826 bits per heavy atom. The predicted molar refractivity (Wildman–Crippen MR) is 248 cm³/mol. The summed E-state index contributed by atoms with van der Waals surface area (Å²) in [5.41, 5.74) is -6.45. The number of fused-ring (bicyclic) bond motifs is 5. The summed E-state index contributed by atoms with van der Waals surface area (Å²) in [5.74, 6) is -7.81. The van der Waals surface area contributed by atoms with E-state index < -0.39 is 118 Å². The minimum absolute atomic E-state index is 0.0634. The van der Waals surface area contributed by atoms with Crippen LogP contribution in [0, 0.1) is 22.7 Å². The van der Waals surface area contributed by atoms with Gasteiger partial charge in [0.25, 0.3) is 5.91 Å². The molecule has 2 bridgehead atoms. The van der Waals surface area contributed by atoms with Crippen molar-refractivity contribution < 1.29 is 67.1 Å². The van der Waals surface area contributed by atoms with Gasteiger partial charge in [0.15, 0.2) is 17.5 Å². The fraction of sp³-hybridized carbons (Fsp3) is 0.491. The molecule has 0 aromatic heterocycles. The van der Waals surface area contributed by atoms with Crippen molar-refractivity contribution >= 4 is 41.5 Å². The van der Waals surface area contributed by atoms with Crippen molar-refractivity contribution in [3.05, 3.63) is 119 Å². The number of nitrogens with one attached hydrogen (secondary N) is 2. The van der Waals surface area contributed by atoms with Gasteiger partial charge in [0.1, 0.15) is 30.0 Å². The van der Waals surface area contributed by atoms with Gasteiger partial charge in [0.05, 0.1) is 41.9 Å². The number of benzene rings is 3. The molecule has 11 atom stereocenters. The fourth-order valence-electron chi connectivity index (χ4n) is 11.3.